The second kappa shape index (κ2) is 5.40. The average Bonchev–Trinajstić information content (AvgIpc) is 3.25. The van der Waals surface area contributed by atoms with Gasteiger partial charge in [0.15, 0.2) is 10.7 Å². The van der Waals surface area contributed by atoms with Crippen molar-refractivity contribution in [3.8, 4) is 22.7 Å². The van der Waals surface area contributed by atoms with Crippen LogP contribution in [0.5, 0.6) is 0 Å². The van der Waals surface area contributed by atoms with Gasteiger partial charge in [-0.1, -0.05) is 0 Å². The molecule has 0 aliphatic heterocycles. The average molecular weight is 310 g/mol. The van der Waals surface area contributed by atoms with Crippen molar-refractivity contribution in [1.29, 1.82) is 0 Å². The maximum atomic E-state index is 5.81. The van der Waals surface area contributed by atoms with Crippen LogP contribution in [0.4, 0.5) is 0 Å². The minimum absolute atomic E-state index is 0.563. The molecule has 0 atom stereocenters. The first-order valence-electron chi connectivity index (χ1n) is 7.01. The molecule has 2 N–H and O–H groups in total. The van der Waals surface area contributed by atoms with E-state index in [1.54, 1.807) is 30.0 Å². The van der Waals surface area contributed by atoms with E-state index in [9.17, 15) is 0 Å². The molecule has 5 nitrogen and oxygen atoms in total. The number of nitrogens with two attached hydrogens (primary N) is 1. The quantitative estimate of drug-likeness (QED) is 0.628. The molecular weight excluding hydrogens is 296 g/mol. The summed E-state index contributed by atoms with van der Waals surface area (Å²) in [4.78, 5) is 9.77. The Morgan fingerprint density at radius 1 is 1.23 bits per heavy atom. The van der Waals surface area contributed by atoms with E-state index in [4.69, 9.17) is 15.1 Å². The van der Waals surface area contributed by atoms with Crippen LogP contribution >= 0.6 is 11.3 Å². The summed E-state index contributed by atoms with van der Waals surface area (Å²) in [5, 5.41) is 2.11. The zero-order valence-corrected chi connectivity index (χ0v) is 12.6. The smallest absolute Gasteiger partial charge is 0.195 e. The molecule has 0 radical (unpaired) electrons. The van der Waals surface area contributed by atoms with Crippen molar-refractivity contribution in [3.05, 3.63) is 54.0 Å². The van der Waals surface area contributed by atoms with Crippen molar-refractivity contribution in [2.24, 2.45) is 5.73 Å². The Labute approximate surface area is 131 Å². The summed E-state index contributed by atoms with van der Waals surface area (Å²) in [6.45, 7) is 0.563. The number of fused-ring (bicyclic) bond motifs is 1. The van der Waals surface area contributed by atoms with Gasteiger partial charge in [-0.25, -0.2) is 4.98 Å². The highest BCUT2D eigenvalue weighted by Gasteiger charge is 2.19. The first kappa shape index (κ1) is 13.2. The third kappa shape index (κ3) is 2.04. The fourth-order valence-electron chi connectivity index (χ4n) is 2.62. The van der Waals surface area contributed by atoms with Gasteiger partial charge in [-0.2, -0.15) is 0 Å². The molecule has 0 unspecified atom stereocenters. The highest BCUT2D eigenvalue weighted by atomic mass is 32.1. The van der Waals surface area contributed by atoms with Crippen molar-refractivity contribution in [2.75, 3.05) is 6.54 Å². The lowest BCUT2D eigenvalue weighted by atomic mass is 10.2. The summed E-state index contributed by atoms with van der Waals surface area (Å²) in [6.07, 6.45) is 6.00. The minimum atomic E-state index is 0.563. The lowest BCUT2D eigenvalue weighted by Crippen LogP contribution is -2.06. The Morgan fingerprint density at radius 3 is 2.82 bits per heavy atom. The molecule has 110 valence electrons. The predicted octanol–water partition coefficient (Wildman–Crippen LogP) is 3.22. The number of hydrogen-bond donors (Lipinski definition) is 1. The Morgan fingerprint density at radius 2 is 2.09 bits per heavy atom. The molecule has 6 heteroatoms. The third-order valence-corrected chi connectivity index (χ3v) is 4.40. The lowest BCUT2D eigenvalue weighted by Gasteiger charge is -2.05. The van der Waals surface area contributed by atoms with Gasteiger partial charge >= 0.3 is 0 Å². The van der Waals surface area contributed by atoms with Gasteiger partial charge in [0, 0.05) is 29.8 Å². The maximum Gasteiger partial charge on any atom is 0.195 e. The van der Waals surface area contributed by atoms with Crippen LogP contribution in [-0.2, 0) is 6.42 Å². The minimum Gasteiger partial charge on any atom is -0.463 e. The van der Waals surface area contributed by atoms with Gasteiger partial charge in [0.05, 0.1) is 17.7 Å². The molecule has 0 aliphatic rings. The molecule has 0 saturated heterocycles. The third-order valence-electron chi connectivity index (χ3n) is 3.57. The maximum absolute atomic E-state index is 5.81. The van der Waals surface area contributed by atoms with E-state index in [0.29, 0.717) is 6.54 Å². The highest BCUT2D eigenvalue weighted by Crippen LogP contribution is 2.33. The van der Waals surface area contributed by atoms with Crippen LogP contribution in [-0.4, -0.2) is 20.9 Å². The van der Waals surface area contributed by atoms with Crippen molar-refractivity contribution in [3.63, 3.8) is 0 Å². The van der Waals surface area contributed by atoms with Crippen LogP contribution in [0.1, 0.15) is 5.69 Å². The van der Waals surface area contributed by atoms with E-state index in [0.717, 1.165) is 39.8 Å². The SMILES string of the molecule is NCCc1c(-c2ccco2)nc2scc(-c3ccncc3)n12. The largest absolute Gasteiger partial charge is 0.463 e. The number of rotatable bonds is 4. The fraction of sp³-hybridized carbons (Fsp3) is 0.125. The van der Waals surface area contributed by atoms with Gasteiger partial charge in [-0.3, -0.25) is 9.38 Å². The topological polar surface area (TPSA) is 69.3 Å². The van der Waals surface area contributed by atoms with Gasteiger partial charge in [0.1, 0.15) is 5.69 Å². The van der Waals surface area contributed by atoms with Gasteiger partial charge in [-0.15, -0.1) is 11.3 Å². The normalized spacial score (nSPS) is 11.3. The molecule has 0 amide bonds. The van der Waals surface area contributed by atoms with Crippen LogP contribution in [0, 0.1) is 0 Å². The van der Waals surface area contributed by atoms with Crippen LogP contribution in [0.15, 0.2) is 52.7 Å². The Hall–Kier alpha value is -2.44. The molecular formula is C16H14N4OS. The number of furan rings is 1. The molecule has 0 fully saturated rings. The second-order valence-corrected chi connectivity index (χ2v) is 5.73. The van der Waals surface area contributed by atoms with E-state index in [1.807, 2.05) is 24.3 Å². The van der Waals surface area contributed by atoms with Gasteiger partial charge in [0.2, 0.25) is 0 Å². The van der Waals surface area contributed by atoms with E-state index >= 15 is 0 Å². The number of pyridine rings is 1. The summed E-state index contributed by atoms with van der Waals surface area (Å²) < 4.78 is 7.70. The van der Waals surface area contributed by atoms with Crippen LogP contribution in [0.25, 0.3) is 27.7 Å². The van der Waals surface area contributed by atoms with Crippen molar-refractivity contribution < 1.29 is 4.42 Å². The Balaban J connectivity index is 1.97. The van der Waals surface area contributed by atoms with Gasteiger partial charge in [-0.05, 0) is 30.8 Å². The van der Waals surface area contributed by atoms with Crippen molar-refractivity contribution >= 4 is 16.3 Å². The van der Waals surface area contributed by atoms with Gasteiger partial charge in [0.25, 0.3) is 0 Å². The monoisotopic (exact) mass is 310 g/mol. The summed E-state index contributed by atoms with van der Waals surface area (Å²) in [6, 6.07) is 7.80. The summed E-state index contributed by atoms with van der Waals surface area (Å²) in [5.74, 6) is 0.778. The molecule has 0 saturated carbocycles. The van der Waals surface area contributed by atoms with E-state index in [2.05, 4.69) is 14.8 Å². The fourth-order valence-corrected chi connectivity index (χ4v) is 3.53. The molecule has 4 heterocycles. The molecule has 4 aromatic heterocycles. The number of imidazole rings is 1. The molecule has 0 spiro atoms. The number of aromatic nitrogens is 3. The number of nitrogens with zero attached hydrogens (tertiary/aromatic N) is 3. The Kier molecular flexibility index (Phi) is 3.25. The Bertz CT molecular complexity index is 893. The summed E-state index contributed by atoms with van der Waals surface area (Å²) >= 11 is 1.62. The summed E-state index contributed by atoms with van der Waals surface area (Å²) in [7, 11) is 0. The highest BCUT2D eigenvalue weighted by molar-refractivity contribution is 7.15. The van der Waals surface area contributed by atoms with Crippen molar-refractivity contribution in [1.82, 2.24) is 14.4 Å². The van der Waals surface area contributed by atoms with Crippen molar-refractivity contribution in [2.45, 2.75) is 6.42 Å². The number of hydrogen-bond acceptors (Lipinski definition) is 5. The molecule has 0 bridgehead atoms. The van der Waals surface area contributed by atoms with E-state index < -0.39 is 0 Å². The van der Waals surface area contributed by atoms with Crippen LogP contribution < -0.4 is 5.73 Å². The van der Waals surface area contributed by atoms with E-state index in [1.165, 1.54) is 0 Å². The molecule has 4 aromatic rings. The predicted molar refractivity (Wildman–Crippen MR) is 86.8 cm³/mol. The first-order valence-corrected chi connectivity index (χ1v) is 7.89. The first-order chi connectivity index (χ1) is 10.9. The molecule has 4 rings (SSSR count). The van der Waals surface area contributed by atoms with Crippen LogP contribution in [0.3, 0.4) is 0 Å². The van der Waals surface area contributed by atoms with Crippen LogP contribution in [0.2, 0.25) is 0 Å². The zero-order chi connectivity index (χ0) is 14.9. The lowest BCUT2D eigenvalue weighted by molar-refractivity contribution is 0.579. The second-order valence-electron chi connectivity index (χ2n) is 4.90. The molecule has 0 aliphatic carbocycles. The van der Waals surface area contributed by atoms with Gasteiger partial charge < -0.3 is 10.2 Å². The number of thiazole rings is 1. The molecule has 0 aromatic carbocycles. The molecule has 22 heavy (non-hydrogen) atoms. The standard InChI is InChI=1S/C16H14N4OS/c17-6-3-12-15(14-2-1-9-21-14)19-16-20(12)13(10-22-16)11-4-7-18-8-5-11/h1-2,4-5,7-10H,3,6,17H2. The summed E-state index contributed by atoms with van der Waals surface area (Å²) in [5.41, 5.74) is 9.99. The zero-order valence-electron chi connectivity index (χ0n) is 11.8. The van der Waals surface area contributed by atoms with E-state index in [-0.39, 0.29) is 0 Å².